The van der Waals surface area contributed by atoms with Crippen LogP contribution in [-0.2, 0) is 9.59 Å². The molecule has 1 N–H and O–H groups in total. The summed E-state index contributed by atoms with van der Waals surface area (Å²) in [7, 11) is 0. The van der Waals surface area contributed by atoms with Crippen LogP contribution in [0.5, 0.6) is 5.75 Å². The molecule has 3 heterocycles. The quantitative estimate of drug-likeness (QED) is 0.733. The molecule has 4 rings (SSSR count). The van der Waals surface area contributed by atoms with Crippen molar-refractivity contribution in [2.75, 3.05) is 37.7 Å². The largest absolute Gasteiger partial charge is 0.482 e. The summed E-state index contributed by atoms with van der Waals surface area (Å²) in [5.74, 6) is 0.868. The molecule has 0 saturated carbocycles. The Morgan fingerprint density at radius 2 is 2.13 bits per heavy atom. The number of ether oxygens (including phenoxy) is 1. The van der Waals surface area contributed by atoms with Gasteiger partial charge in [-0.25, -0.2) is 0 Å². The number of likely N-dealkylation sites (tertiary alicyclic amines) is 1. The summed E-state index contributed by atoms with van der Waals surface area (Å²) in [5.41, 5.74) is 0.536. The average molecular weight is 448 g/mol. The number of hydrogen-bond donors (Lipinski definition) is 1. The van der Waals surface area contributed by atoms with Gasteiger partial charge < -0.3 is 10.1 Å². The molecule has 1 aromatic carbocycles. The molecule has 1 fully saturated rings. The average Bonchev–Trinajstić information content (AvgIpc) is 3.26. The van der Waals surface area contributed by atoms with Crippen LogP contribution in [0.1, 0.15) is 30.7 Å². The predicted molar refractivity (Wildman–Crippen MR) is 119 cm³/mol. The van der Waals surface area contributed by atoms with Gasteiger partial charge in [0.15, 0.2) is 6.61 Å². The van der Waals surface area contributed by atoms with Gasteiger partial charge in [-0.2, -0.15) is 0 Å². The number of amides is 2. The summed E-state index contributed by atoms with van der Waals surface area (Å²) in [6.07, 6.45) is 2.35. The first-order valence-corrected chi connectivity index (χ1v) is 11.5. The van der Waals surface area contributed by atoms with E-state index in [1.54, 1.807) is 29.5 Å². The Bertz CT molecular complexity index is 897. The normalized spacial score (nSPS) is 18.6. The molecule has 1 saturated heterocycles. The lowest BCUT2D eigenvalue weighted by Gasteiger charge is -2.36. The Morgan fingerprint density at radius 1 is 1.33 bits per heavy atom. The lowest BCUT2D eigenvalue weighted by atomic mass is 9.97. The minimum atomic E-state index is -0.250. The van der Waals surface area contributed by atoms with Gasteiger partial charge in [0.05, 0.1) is 11.7 Å². The van der Waals surface area contributed by atoms with Crippen LogP contribution < -0.4 is 15.0 Å². The number of piperidine rings is 1. The molecular formula is C22H26ClN3O3S. The van der Waals surface area contributed by atoms with Crippen LogP contribution in [0.4, 0.5) is 5.69 Å². The third kappa shape index (κ3) is 4.79. The van der Waals surface area contributed by atoms with Crippen LogP contribution in [0.15, 0.2) is 35.7 Å². The molecule has 2 amide bonds. The zero-order chi connectivity index (χ0) is 21.1. The second-order valence-electron chi connectivity index (χ2n) is 7.93. The van der Waals surface area contributed by atoms with Crippen LogP contribution in [0.2, 0.25) is 5.02 Å². The van der Waals surface area contributed by atoms with Crippen molar-refractivity contribution in [2.45, 2.75) is 25.8 Å². The fraction of sp³-hybridized carbons (Fsp3) is 0.455. The van der Waals surface area contributed by atoms with E-state index in [9.17, 15) is 9.59 Å². The van der Waals surface area contributed by atoms with Crippen LogP contribution in [0.25, 0.3) is 0 Å². The summed E-state index contributed by atoms with van der Waals surface area (Å²) in [4.78, 5) is 30.3. The highest BCUT2D eigenvalue weighted by atomic mass is 35.5. The second kappa shape index (κ2) is 9.37. The van der Waals surface area contributed by atoms with Crippen LogP contribution >= 0.6 is 22.9 Å². The smallest absolute Gasteiger partial charge is 0.265 e. The van der Waals surface area contributed by atoms with Gasteiger partial charge in [0.2, 0.25) is 5.91 Å². The number of halogens is 1. The number of carbonyl (C=O) groups excluding carboxylic acids is 2. The van der Waals surface area contributed by atoms with Crippen molar-refractivity contribution >= 4 is 40.4 Å². The fourth-order valence-corrected chi connectivity index (χ4v) is 5.02. The summed E-state index contributed by atoms with van der Waals surface area (Å²) >= 11 is 7.80. The van der Waals surface area contributed by atoms with Gasteiger partial charge in [0, 0.05) is 16.4 Å². The maximum atomic E-state index is 12.8. The topological polar surface area (TPSA) is 61.9 Å². The standard InChI is InChI=1S/C22H26ClN3O3S/c1-15-6-8-25(9-7-15)18(20-3-2-10-30-20)12-24-21(27)13-26-17-11-16(23)4-5-19(17)29-14-22(26)28/h2-5,10-11,15,18H,6-9,12-14H2,1H3,(H,24,27). The molecule has 2 aromatic rings. The van der Waals surface area contributed by atoms with Gasteiger partial charge >= 0.3 is 0 Å². The third-order valence-electron chi connectivity index (χ3n) is 5.79. The van der Waals surface area contributed by atoms with E-state index in [2.05, 4.69) is 34.7 Å². The number of carbonyl (C=O) groups is 2. The third-order valence-corrected chi connectivity index (χ3v) is 7.00. The Morgan fingerprint density at radius 3 is 2.87 bits per heavy atom. The van der Waals surface area contributed by atoms with Crippen molar-refractivity contribution in [1.82, 2.24) is 10.2 Å². The molecule has 0 bridgehead atoms. The lowest BCUT2D eigenvalue weighted by Crippen LogP contribution is -2.47. The van der Waals surface area contributed by atoms with Crippen LogP contribution in [0.3, 0.4) is 0 Å². The Balaban J connectivity index is 1.42. The number of fused-ring (bicyclic) bond motifs is 1. The molecule has 2 aliphatic rings. The van der Waals surface area contributed by atoms with Crippen molar-refractivity contribution in [3.8, 4) is 5.75 Å². The summed E-state index contributed by atoms with van der Waals surface area (Å²) in [6.45, 7) is 4.76. The molecule has 1 atom stereocenters. The number of rotatable bonds is 6. The maximum absolute atomic E-state index is 12.8. The molecule has 2 aliphatic heterocycles. The first-order valence-electron chi connectivity index (χ1n) is 10.3. The second-order valence-corrected chi connectivity index (χ2v) is 9.35. The van der Waals surface area contributed by atoms with Gasteiger partial charge in [-0.15, -0.1) is 11.3 Å². The highest BCUT2D eigenvalue weighted by Crippen LogP contribution is 2.34. The Hall–Kier alpha value is -2.09. The number of benzene rings is 1. The van der Waals surface area contributed by atoms with Crippen LogP contribution in [-0.4, -0.2) is 49.5 Å². The van der Waals surface area contributed by atoms with Gasteiger partial charge in [-0.05, 0) is 61.5 Å². The number of thiophene rings is 1. The lowest BCUT2D eigenvalue weighted by molar-refractivity contribution is -0.125. The number of anilines is 1. The molecular weight excluding hydrogens is 422 g/mol. The number of nitrogens with zero attached hydrogens (tertiary/aromatic N) is 2. The van der Waals surface area contributed by atoms with Crippen molar-refractivity contribution in [1.29, 1.82) is 0 Å². The molecule has 8 heteroatoms. The van der Waals surface area contributed by atoms with Crippen molar-refractivity contribution < 1.29 is 14.3 Å². The molecule has 1 aromatic heterocycles. The SMILES string of the molecule is CC1CCN(C(CNC(=O)CN2C(=O)COc3ccc(Cl)cc32)c2cccs2)CC1. The van der Waals surface area contributed by atoms with Gasteiger partial charge in [-0.3, -0.25) is 19.4 Å². The first kappa shape index (κ1) is 21.2. The number of hydrogen-bond acceptors (Lipinski definition) is 5. The van der Waals surface area contributed by atoms with E-state index in [0.29, 0.717) is 23.0 Å². The van der Waals surface area contributed by atoms with E-state index >= 15 is 0 Å². The number of nitrogens with one attached hydrogen (secondary N) is 1. The Kier molecular flexibility index (Phi) is 6.61. The minimum Gasteiger partial charge on any atom is -0.482 e. The van der Waals surface area contributed by atoms with E-state index in [1.165, 1.54) is 22.6 Å². The van der Waals surface area contributed by atoms with E-state index < -0.39 is 0 Å². The monoisotopic (exact) mass is 447 g/mol. The first-order chi connectivity index (χ1) is 14.5. The fourth-order valence-electron chi connectivity index (χ4n) is 3.99. The zero-order valence-electron chi connectivity index (χ0n) is 17.0. The minimum absolute atomic E-state index is 0.0519. The highest BCUT2D eigenvalue weighted by molar-refractivity contribution is 7.10. The van der Waals surface area contributed by atoms with Crippen molar-refractivity contribution in [2.24, 2.45) is 5.92 Å². The molecule has 160 valence electrons. The van der Waals surface area contributed by atoms with Gasteiger partial charge in [-0.1, -0.05) is 24.6 Å². The van der Waals surface area contributed by atoms with E-state index in [1.807, 2.05) is 0 Å². The van der Waals surface area contributed by atoms with E-state index in [4.69, 9.17) is 16.3 Å². The predicted octanol–water partition coefficient (Wildman–Crippen LogP) is 3.72. The highest BCUT2D eigenvalue weighted by Gasteiger charge is 2.29. The van der Waals surface area contributed by atoms with E-state index in [-0.39, 0.29) is 31.0 Å². The summed E-state index contributed by atoms with van der Waals surface area (Å²) in [5, 5.41) is 5.62. The molecule has 30 heavy (non-hydrogen) atoms. The van der Waals surface area contributed by atoms with Gasteiger partial charge in [0.25, 0.3) is 5.91 Å². The maximum Gasteiger partial charge on any atom is 0.265 e. The van der Waals surface area contributed by atoms with Crippen molar-refractivity contribution in [3.63, 3.8) is 0 Å². The summed E-state index contributed by atoms with van der Waals surface area (Å²) < 4.78 is 5.45. The molecule has 6 nitrogen and oxygen atoms in total. The van der Waals surface area contributed by atoms with Crippen molar-refractivity contribution in [3.05, 3.63) is 45.6 Å². The Labute approximate surface area is 185 Å². The molecule has 1 unspecified atom stereocenters. The summed E-state index contributed by atoms with van der Waals surface area (Å²) in [6, 6.07) is 9.42. The van der Waals surface area contributed by atoms with E-state index in [0.717, 1.165) is 19.0 Å². The molecule has 0 spiro atoms. The zero-order valence-corrected chi connectivity index (χ0v) is 18.5. The van der Waals surface area contributed by atoms with Gasteiger partial charge in [0.1, 0.15) is 12.3 Å². The molecule has 0 radical (unpaired) electrons. The van der Waals surface area contributed by atoms with Crippen LogP contribution in [0, 0.1) is 5.92 Å². The molecule has 0 aliphatic carbocycles.